The molecule has 5 heteroatoms. The molecule has 0 aliphatic rings. The third-order valence-corrected chi connectivity index (χ3v) is 2.77. The zero-order valence-electron chi connectivity index (χ0n) is 11.4. The predicted molar refractivity (Wildman–Crippen MR) is 70.0 cm³/mol. The van der Waals surface area contributed by atoms with Crippen LogP contribution in [-0.2, 0) is 13.6 Å². The number of hydrogen-bond acceptors (Lipinski definition) is 4. The van der Waals surface area contributed by atoms with Crippen LogP contribution < -0.4 is 5.32 Å². The van der Waals surface area contributed by atoms with Crippen molar-refractivity contribution in [1.29, 1.82) is 0 Å². The van der Waals surface area contributed by atoms with E-state index in [1.807, 2.05) is 20.2 Å². The van der Waals surface area contributed by atoms with Crippen LogP contribution in [-0.4, -0.2) is 21.5 Å². The first-order chi connectivity index (χ1) is 8.58. The molecule has 0 radical (unpaired) electrons. The molecule has 0 aliphatic carbocycles. The van der Waals surface area contributed by atoms with Crippen molar-refractivity contribution in [2.75, 3.05) is 6.54 Å². The summed E-state index contributed by atoms with van der Waals surface area (Å²) in [7, 11) is 1.91. The van der Waals surface area contributed by atoms with E-state index in [1.165, 1.54) is 0 Å². The lowest BCUT2D eigenvalue weighted by atomic mass is 10.1. The van der Waals surface area contributed by atoms with Gasteiger partial charge in [-0.3, -0.25) is 4.68 Å². The van der Waals surface area contributed by atoms with Crippen LogP contribution in [0.25, 0.3) is 11.3 Å². The van der Waals surface area contributed by atoms with Gasteiger partial charge in [0, 0.05) is 25.4 Å². The molecule has 0 saturated heterocycles. The minimum absolute atomic E-state index is 0.633. The van der Waals surface area contributed by atoms with Gasteiger partial charge in [0.2, 0.25) is 0 Å². The Morgan fingerprint density at radius 2 is 2.22 bits per heavy atom. The van der Waals surface area contributed by atoms with E-state index in [9.17, 15) is 0 Å². The Morgan fingerprint density at radius 3 is 2.83 bits per heavy atom. The summed E-state index contributed by atoms with van der Waals surface area (Å²) in [6.07, 6.45) is 3.73. The van der Waals surface area contributed by atoms with Crippen molar-refractivity contribution in [2.45, 2.75) is 27.3 Å². The van der Waals surface area contributed by atoms with E-state index in [1.54, 1.807) is 10.9 Å². The van der Waals surface area contributed by atoms with Gasteiger partial charge < -0.3 is 9.84 Å². The molecule has 0 amide bonds. The second-order valence-electron chi connectivity index (χ2n) is 5.01. The summed E-state index contributed by atoms with van der Waals surface area (Å²) in [4.78, 5) is 0. The number of nitrogens with zero attached hydrogens (tertiary/aromatic N) is 3. The van der Waals surface area contributed by atoms with E-state index in [-0.39, 0.29) is 0 Å². The van der Waals surface area contributed by atoms with Gasteiger partial charge in [-0.1, -0.05) is 19.0 Å². The molecule has 18 heavy (non-hydrogen) atoms. The summed E-state index contributed by atoms with van der Waals surface area (Å²) < 4.78 is 7.15. The van der Waals surface area contributed by atoms with E-state index in [2.05, 4.69) is 29.4 Å². The Morgan fingerprint density at radius 1 is 1.44 bits per heavy atom. The van der Waals surface area contributed by atoms with Gasteiger partial charge in [-0.25, -0.2) is 0 Å². The largest absolute Gasteiger partial charge is 0.356 e. The summed E-state index contributed by atoms with van der Waals surface area (Å²) in [5.74, 6) is 1.45. The lowest BCUT2D eigenvalue weighted by Crippen LogP contribution is -2.18. The van der Waals surface area contributed by atoms with E-state index in [4.69, 9.17) is 4.52 Å². The van der Waals surface area contributed by atoms with Crippen LogP contribution in [0.4, 0.5) is 0 Å². The summed E-state index contributed by atoms with van der Waals surface area (Å²) in [5.41, 5.74) is 3.04. The molecular weight excluding hydrogens is 228 g/mol. The minimum atomic E-state index is 0.633. The first-order valence-electron chi connectivity index (χ1n) is 6.22. The van der Waals surface area contributed by atoms with Crippen LogP contribution in [0.3, 0.4) is 0 Å². The first kappa shape index (κ1) is 12.8. The lowest BCUT2D eigenvalue weighted by Gasteiger charge is -2.06. The molecule has 0 atom stereocenters. The normalized spacial score (nSPS) is 11.4. The highest BCUT2D eigenvalue weighted by Crippen LogP contribution is 2.25. The second-order valence-corrected chi connectivity index (χ2v) is 5.01. The van der Waals surface area contributed by atoms with Crippen molar-refractivity contribution >= 4 is 0 Å². The van der Waals surface area contributed by atoms with Crippen LogP contribution in [0.5, 0.6) is 0 Å². The summed E-state index contributed by atoms with van der Waals surface area (Å²) in [6.45, 7) is 8.10. The number of nitrogens with one attached hydrogen (secondary N) is 1. The second kappa shape index (κ2) is 5.35. The standard InChI is InChI=1S/C13H20N4O/c1-9(2)5-14-6-11-7-15-18-13(11)12-8-17(4)16-10(12)3/h7-9,14H,5-6H2,1-4H3. The average Bonchev–Trinajstić information content (AvgIpc) is 2.84. The summed E-state index contributed by atoms with van der Waals surface area (Å²) >= 11 is 0. The fourth-order valence-corrected chi connectivity index (χ4v) is 1.93. The third kappa shape index (κ3) is 2.79. The van der Waals surface area contributed by atoms with E-state index in [0.29, 0.717) is 5.92 Å². The SMILES string of the molecule is Cc1nn(C)cc1-c1oncc1CNCC(C)C. The quantitative estimate of drug-likeness (QED) is 0.880. The molecule has 2 aromatic heterocycles. The van der Waals surface area contributed by atoms with Crippen LogP contribution in [0.1, 0.15) is 25.1 Å². The molecular formula is C13H20N4O. The zero-order chi connectivity index (χ0) is 13.1. The van der Waals surface area contributed by atoms with Gasteiger partial charge in [0.1, 0.15) is 0 Å². The maximum atomic E-state index is 5.36. The number of hydrogen-bond donors (Lipinski definition) is 1. The first-order valence-corrected chi connectivity index (χ1v) is 6.22. The van der Waals surface area contributed by atoms with Gasteiger partial charge >= 0.3 is 0 Å². The van der Waals surface area contributed by atoms with Crippen LogP contribution >= 0.6 is 0 Å². The number of aromatic nitrogens is 3. The number of aryl methyl sites for hydroxylation is 2. The molecule has 2 rings (SSSR count). The topological polar surface area (TPSA) is 55.9 Å². The Labute approximate surface area is 107 Å². The van der Waals surface area contributed by atoms with Crippen LogP contribution in [0.15, 0.2) is 16.9 Å². The average molecular weight is 248 g/mol. The molecule has 0 fully saturated rings. The molecule has 0 spiro atoms. The molecule has 5 nitrogen and oxygen atoms in total. The Hall–Kier alpha value is -1.62. The lowest BCUT2D eigenvalue weighted by molar-refractivity contribution is 0.431. The highest BCUT2D eigenvalue weighted by Gasteiger charge is 2.15. The Kier molecular flexibility index (Phi) is 3.81. The third-order valence-electron chi connectivity index (χ3n) is 2.77. The molecule has 0 unspecified atom stereocenters. The van der Waals surface area contributed by atoms with E-state index < -0.39 is 0 Å². The molecule has 0 aromatic carbocycles. The minimum Gasteiger partial charge on any atom is -0.356 e. The Bertz CT molecular complexity index is 513. The van der Waals surface area contributed by atoms with Crippen LogP contribution in [0.2, 0.25) is 0 Å². The van der Waals surface area contributed by atoms with Crippen LogP contribution in [0, 0.1) is 12.8 Å². The highest BCUT2D eigenvalue weighted by atomic mass is 16.5. The van der Waals surface area contributed by atoms with Gasteiger partial charge in [-0.15, -0.1) is 0 Å². The fraction of sp³-hybridized carbons (Fsp3) is 0.538. The van der Waals surface area contributed by atoms with Gasteiger partial charge in [-0.2, -0.15) is 5.10 Å². The van der Waals surface area contributed by atoms with Crippen molar-refractivity contribution in [1.82, 2.24) is 20.3 Å². The maximum Gasteiger partial charge on any atom is 0.174 e. The fourth-order valence-electron chi connectivity index (χ4n) is 1.93. The summed E-state index contributed by atoms with van der Waals surface area (Å²) in [6, 6.07) is 0. The van der Waals surface area contributed by atoms with Gasteiger partial charge in [0.25, 0.3) is 0 Å². The zero-order valence-corrected chi connectivity index (χ0v) is 11.4. The van der Waals surface area contributed by atoms with Crippen molar-refractivity contribution in [3.63, 3.8) is 0 Å². The van der Waals surface area contributed by atoms with E-state index in [0.717, 1.165) is 35.7 Å². The summed E-state index contributed by atoms with van der Waals surface area (Å²) in [5, 5.41) is 11.6. The predicted octanol–water partition coefficient (Wildman–Crippen LogP) is 2.13. The van der Waals surface area contributed by atoms with Gasteiger partial charge in [-0.05, 0) is 19.4 Å². The Balaban J connectivity index is 2.15. The van der Waals surface area contributed by atoms with Crippen molar-refractivity contribution in [3.8, 4) is 11.3 Å². The smallest absolute Gasteiger partial charge is 0.174 e. The molecule has 98 valence electrons. The monoisotopic (exact) mass is 248 g/mol. The number of rotatable bonds is 5. The highest BCUT2D eigenvalue weighted by molar-refractivity contribution is 5.62. The molecule has 0 bridgehead atoms. The van der Waals surface area contributed by atoms with Gasteiger partial charge in [0.15, 0.2) is 5.76 Å². The van der Waals surface area contributed by atoms with E-state index >= 15 is 0 Å². The maximum absolute atomic E-state index is 5.36. The molecule has 1 N–H and O–H groups in total. The molecule has 2 aromatic rings. The van der Waals surface area contributed by atoms with Crippen molar-refractivity contribution < 1.29 is 4.52 Å². The van der Waals surface area contributed by atoms with Crippen molar-refractivity contribution in [2.24, 2.45) is 13.0 Å². The molecule has 0 aliphatic heterocycles. The molecule has 0 saturated carbocycles. The molecule has 2 heterocycles. The van der Waals surface area contributed by atoms with Gasteiger partial charge in [0.05, 0.1) is 17.5 Å². The van der Waals surface area contributed by atoms with Crippen molar-refractivity contribution in [3.05, 3.63) is 23.7 Å².